The molecule has 0 fully saturated rings. The van der Waals surface area contributed by atoms with Gasteiger partial charge in [0.05, 0.1) is 5.69 Å². The van der Waals surface area contributed by atoms with Crippen molar-refractivity contribution >= 4 is 11.0 Å². The number of hydrogen-bond acceptors (Lipinski definition) is 3. The van der Waals surface area contributed by atoms with E-state index in [1.807, 2.05) is 6.20 Å². The van der Waals surface area contributed by atoms with E-state index in [2.05, 4.69) is 46.1 Å². The van der Waals surface area contributed by atoms with Gasteiger partial charge in [-0.05, 0) is 25.5 Å². The third-order valence-electron chi connectivity index (χ3n) is 3.29. The number of nitrogens with one attached hydrogen (secondary N) is 1. The maximum atomic E-state index is 5.66. The summed E-state index contributed by atoms with van der Waals surface area (Å²) in [6, 6.07) is 8.38. The highest BCUT2D eigenvalue weighted by atomic mass is 14.9. The molecule has 0 amide bonds. The van der Waals surface area contributed by atoms with E-state index in [1.165, 1.54) is 11.1 Å². The average molecular weight is 252 g/mol. The number of fused-ring (bicyclic) bond motifs is 1. The van der Waals surface area contributed by atoms with Crippen LogP contribution in [0, 0.1) is 6.92 Å². The molecule has 0 unspecified atom stereocenters. The van der Waals surface area contributed by atoms with Crippen LogP contribution in [-0.4, -0.2) is 21.5 Å². The molecule has 3 aromatic rings. The summed E-state index contributed by atoms with van der Waals surface area (Å²) >= 11 is 0. The van der Waals surface area contributed by atoms with Crippen molar-refractivity contribution in [1.29, 1.82) is 0 Å². The van der Waals surface area contributed by atoms with E-state index in [0.717, 1.165) is 28.7 Å². The fraction of sp³-hybridized carbons (Fsp3) is 0.200. The highest BCUT2D eigenvalue weighted by Gasteiger charge is 2.11. The van der Waals surface area contributed by atoms with Crippen LogP contribution in [0.4, 0.5) is 0 Å². The van der Waals surface area contributed by atoms with Crippen molar-refractivity contribution in [3.8, 4) is 11.3 Å². The normalized spacial score (nSPS) is 11.1. The molecule has 3 rings (SSSR count). The Labute approximate surface area is 111 Å². The number of benzene rings is 1. The topological polar surface area (TPSA) is 67.6 Å². The summed E-state index contributed by atoms with van der Waals surface area (Å²) < 4.78 is 0. The van der Waals surface area contributed by atoms with Crippen molar-refractivity contribution in [2.75, 3.05) is 6.54 Å². The first kappa shape index (κ1) is 11.9. The first-order valence-corrected chi connectivity index (χ1v) is 6.37. The summed E-state index contributed by atoms with van der Waals surface area (Å²) in [6.07, 6.45) is 4.40. The number of H-pyrrole nitrogens is 1. The zero-order valence-corrected chi connectivity index (χ0v) is 10.9. The van der Waals surface area contributed by atoms with Gasteiger partial charge in [0.15, 0.2) is 0 Å². The molecule has 0 aliphatic heterocycles. The number of aromatic amines is 1. The molecule has 0 aliphatic rings. The molecule has 96 valence electrons. The van der Waals surface area contributed by atoms with E-state index in [9.17, 15) is 0 Å². The van der Waals surface area contributed by atoms with Crippen molar-refractivity contribution < 1.29 is 0 Å². The number of rotatable bonds is 3. The molecule has 2 aromatic heterocycles. The predicted molar refractivity (Wildman–Crippen MR) is 76.8 cm³/mol. The van der Waals surface area contributed by atoms with Gasteiger partial charge >= 0.3 is 0 Å². The van der Waals surface area contributed by atoms with Crippen molar-refractivity contribution in [3.05, 3.63) is 47.9 Å². The molecule has 0 saturated heterocycles. The van der Waals surface area contributed by atoms with Crippen LogP contribution in [0.3, 0.4) is 0 Å². The van der Waals surface area contributed by atoms with Crippen molar-refractivity contribution in [3.63, 3.8) is 0 Å². The van der Waals surface area contributed by atoms with Gasteiger partial charge in [0.2, 0.25) is 0 Å². The maximum absolute atomic E-state index is 5.66. The molecule has 2 heterocycles. The SMILES string of the molecule is Cc1ccc(-c2ncnc3[nH]cc(CCN)c23)cc1. The lowest BCUT2D eigenvalue weighted by atomic mass is 10.0. The van der Waals surface area contributed by atoms with E-state index in [1.54, 1.807) is 6.33 Å². The first-order valence-electron chi connectivity index (χ1n) is 6.37. The summed E-state index contributed by atoms with van der Waals surface area (Å²) in [4.78, 5) is 11.9. The molecule has 1 aromatic carbocycles. The molecule has 4 heteroatoms. The Morgan fingerprint density at radius 1 is 1.16 bits per heavy atom. The summed E-state index contributed by atoms with van der Waals surface area (Å²) in [5, 5.41) is 1.08. The molecular weight excluding hydrogens is 236 g/mol. The predicted octanol–water partition coefficient (Wildman–Crippen LogP) is 2.43. The lowest BCUT2D eigenvalue weighted by Crippen LogP contribution is -2.02. The Bertz CT molecular complexity index is 698. The van der Waals surface area contributed by atoms with Gasteiger partial charge in [-0.2, -0.15) is 0 Å². The second kappa shape index (κ2) is 4.82. The molecule has 0 aliphatic carbocycles. The Morgan fingerprint density at radius 3 is 2.68 bits per heavy atom. The Hall–Kier alpha value is -2.20. The lowest BCUT2D eigenvalue weighted by Gasteiger charge is -2.05. The largest absolute Gasteiger partial charge is 0.346 e. The van der Waals surface area contributed by atoms with Crippen molar-refractivity contribution in [1.82, 2.24) is 15.0 Å². The fourth-order valence-corrected chi connectivity index (χ4v) is 2.31. The van der Waals surface area contributed by atoms with E-state index >= 15 is 0 Å². The highest BCUT2D eigenvalue weighted by Crippen LogP contribution is 2.28. The van der Waals surface area contributed by atoms with Gasteiger partial charge in [0, 0.05) is 17.1 Å². The summed E-state index contributed by atoms with van der Waals surface area (Å²) in [7, 11) is 0. The highest BCUT2D eigenvalue weighted by molar-refractivity contribution is 5.93. The van der Waals surface area contributed by atoms with Gasteiger partial charge in [0.25, 0.3) is 0 Å². The molecule has 0 radical (unpaired) electrons. The minimum Gasteiger partial charge on any atom is -0.346 e. The van der Waals surface area contributed by atoms with Gasteiger partial charge in [-0.1, -0.05) is 29.8 Å². The molecule has 0 saturated carbocycles. The first-order chi connectivity index (χ1) is 9.29. The summed E-state index contributed by atoms with van der Waals surface area (Å²) in [5.41, 5.74) is 11.0. The Kier molecular flexibility index (Phi) is 3.01. The maximum Gasteiger partial charge on any atom is 0.141 e. The number of nitrogens with zero attached hydrogens (tertiary/aromatic N) is 2. The van der Waals surface area contributed by atoms with Crippen LogP contribution in [0.1, 0.15) is 11.1 Å². The summed E-state index contributed by atoms with van der Waals surface area (Å²) in [6.45, 7) is 2.70. The van der Waals surface area contributed by atoms with Crippen LogP contribution in [0.25, 0.3) is 22.3 Å². The zero-order chi connectivity index (χ0) is 13.2. The van der Waals surface area contributed by atoms with Crippen LogP contribution in [0.15, 0.2) is 36.8 Å². The van der Waals surface area contributed by atoms with Crippen molar-refractivity contribution in [2.45, 2.75) is 13.3 Å². The molecule has 3 N–H and O–H groups in total. The second-order valence-corrected chi connectivity index (χ2v) is 4.66. The van der Waals surface area contributed by atoms with Crippen LogP contribution < -0.4 is 5.73 Å². The number of aryl methyl sites for hydroxylation is 1. The lowest BCUT2D eigenvalue weighted by molar-refractivity contribution is 0.976. The van der Waals surface area contributed by atoms with Gasteiger partial charge < -0.3 is 10.7 Å². The second-order valence-electron chi connectivity index (χ2n) is 4.66. The fourth-order valence-electron chi connectivity index (χ4n) is 2.31. The van der Waals surface area contributed by atoms with E-state index in [-0.39, 0.29) is 0 Å². The molecular formula is C15H16N4. The molecule has 0 bridgehead atoms. The number of aromatic nitrogens is 3. The van der Waals surface area contributed by atoms with Gasteiger partial charge in [-0.3, -0.25) is 0 Å². The van der Waals surface area contributed by atoms with Crippen molar-refractivity contribution in [2.24, 2.45) is 5.73 Å². The number of nitrogens with two attached hydrogens (primary N) is 1. The average Bonchev–Trinajstić information content (AvgIpc) is 2.84. The quantitative estimate of drug-likeness (QED) is 0.752. The minimum atomic E-state index is 0.620. The molecule has 0 atom stereocenters. The van der Waals surface area contributed by atoms with E-state index in [0.29, 0.717) is 6.54 Å². The van der Waals surface area contributed by atoms with Crippen LogP contribution in [-0.2, 0) is 6.42 Å². The van der Waals surface area contributed by atoms with E-state index in [4.69, 9.17) is 5.73 Å². The summed E-state index contributed by atoms with van der Waals surface area (Å²) in [5.74, 6) is 0. The van der Waals surface area contributed by atoms with Crippen LogP contribution in [0.2, 0.25) is 0 Å². The Morgan fingerprint density at radius 2 is 1.95 bits per heavy atom. The van der Waals surface area contributed by atoms with Gasteiger partial charge in [-0.15, -0.1) is 0 Å². The van der Waals surface area contributed by atoms with E-state index < -0.39 is 0 Å². The third-order valence-corrected chi connectivity index (χ3v) is 3.29. The standard InChI is InChI=1S/C15H16N4/c1-10-2-4-11(5-3-10)14-13-12(6-7-16)8-17-15(13)19-9-18-14/h2-5,8-9H,6-7,16H2,1H3,(H,17,18,19). The smallest absolute Gasteiger partial charge is 0.141 e. The number of hydrogen-bond donors (Lipinski definition) is 2. The molecule has 0 spiro atoms. The zero-order valence-electron chi connectivity index (χ0n) is 10.9. The van der Waals surface area contributed by atoms with Gasteiger partial charge in [0.1, 0.15) is 12.0 Å². The van der Waals surface area contributed by atoms with Crippen LogP contribution in [0.5, 0.6) is 0 Å². The Balaban J connectivity index is 2.22. The third kappa shape index (κ3) is 2.11. The van der Waals surface area contributed by atoms with Gasteiger partial charge in [-0.25, -0.2) is 9.97 Å². The monoisotopic (exact) mass is 252 g/mol. The minimum absolute atomic E-state index is 0.620. The van der Waals surface area contributed by atoms with Crippen LogP contribution >= 0.6 is 0 Å². The molecule has 4 nitrogen and oxygen atoms in total. The molecule has 19 heavy (non-hydrogen) atoms.